The van der Waals surface area contributed by atoms with Crippen molar-refractivity contribution in [2.24, 2.45) is 0 Å². The third kappa shape index (κ3) is 3.40. The molecule has 0 aromatic carbocycles. The maximum Gasteiger partial charge on any atom is 0.0898 e. The summed E-state index contributed by atoms with van der Waals surface area (Å²) in [5.74, 6) is 0. The number of nitrogens with zero attached hydrogens (tertiary/aromatic N) is 3. The molecule has 1 N–H and O–H groups in total. The summed E-state index contributed by atoms with van der Waals surface area (Å²) in [6.45, 7) is 8.98. The van der Waals surface area contributed by atoms with Crippen molar-refractivity contribution < 1.29 is 0 Å². The van der Waals surface area contributed by atoms with E-state index in [2.05, 4.69) is 40.8 Å². The second-order valence-corrected chi connectivity index (χ2v) is 5.53. The smallest absolute Gasteiger partial charge is 0.0898 e. The standard InChI is InChI=1S/C13H20N4S/c1-4-5-14-6-12-7-17(16-10(12)2)8-13-9-18-11(3)15-13/h7,9,14H,4-6,8H2,1-3H3. The van der Waals surface area contributed by atoms with Crippen LogP contribution in [0, 0.1) is 13.8 Å². The Morgan fingerprint density at radius 2 is 2.22 bits per heavy atom. The fourth-order valence-corrected chi connectivity index (χ4v) is 2.46. The minimum Gasteiger partial charge on any atom is -0.313 e. The predicted molar refractivity (Wildman–Crippen MR) is 74.9 cm³/mol. The van der Waals surface area contributed by atoms with Crippen LogP contribution < -0.4 is 5.32 Å². The van der Waals surface area contributed by atoms with Gasteiger partial charge in [0.25, 0.3) is 0 Å². The second-order valence-electron chi connectivity index (χ2n) is 4.47. The van der Waals surface area contributed by atoms with E-state index < -0.39 is 0 Å². The van der Waals surface area contributed by atoms with E-state index in [-0.39, 0.29) is 0 Å². The number of rotatable bonds is 6. The summed E-state index contributed by atoms with van der Waals surface area (Å²) in [5, 5.41) is 11.2. The van der Waals surface area contributed by atoms with Crippen molar-refractivity contribution in [1.29, 1.82) is 0 Å². The van der Waals surface area contributed by atoms with Crippen LogP contribution in [0.1, 0.15) is 35.3 Å². The SMILES string of the molecule is CCCNCc1cn(Cc2csc(C)n2)nc1C. The summed E-state index contributed by atoms with van der Waals surface area (Å²) in [7, 11) is 0. The highest BCUT2D eigenvalue weighted by Crippen LogP contribution is 2.11. The van der Waals surface area contributed by atoms with Crippen LogP contribution in [0.3, 0.4) is 0 Å². The van der Waals surface area contributed by atoms with Gasteiger partial charge in [0.2, 0.25) is 0 Å². The quantitative estimate of drug-likeness (QED) is 0.815. The summed E-state index contributed by atoms with van der Waals surface area (Å²) in [6.07, 6.45) is 3.28. The van der Waals surface area contributed by atoms with Crippen molar-refractivity contribution in [3.63, 3.8) is 0 Å². The predicted octanol–water partition coefficient (Wildman–Crippen LogP) is 2.50. The van der Waals surface area contributed by atoms with E-state index in [1.807, 2.05) is 11.6 Å². The molecule has 0 atom stereocenters. The first kappa shape index (κ1) is 13.2. The van der Waals surface area contributed by atoms with Crippen LogP contribution >= 0.6 is 11.3 Å². The Hall–Kier alpha value is -1.20. The summed E-state index contributed by atoms with van der Waals surface area (Å²) in [5.41, 5.74) is 3.47. The Morgan fingerprint density at radius 3 is 2.89 bits per heavy atom. The van der Waals surface area contributed by atoms with Gasteiger partial charge in [0, 0.05) is 23.7 Å². The molecule has 2 aromatic heterocycles. The van der Waals surface area contributed by atoms with Crippen molar-refractivity contribution in [2.75, 3.05) is 6.54 Å². The molecule has 98 valence electrons. The lowest BCUT2D eigenvalue weighted by Gasteiger charge is -2.00. The molecule has 4 nitrogen and oxygen atoms in total. The summed E-state index contributed by atoms with van der Waals surface area (Å²) < 4.78 is 1.98. The molecule has 2 heterocycles. The molecule has 0 radical (unpaired) electrons. The first-order chi connectivity index (χ1) is 8.69. The highest BCUT2D eigenvalue weighted by atomic mass is 32.1. The Labute approximate surface area is 112 Å². The number of hydrogen-bond acceptors (Lipinski definition) is 4. The molecular weight excluding hydrogens is 244 g/mol. The Bertz CT molecular complexity index is 501. The van der Waals surface area contributed by atoms with E-state index >= 15 is 0 Å². The minimum atomic E-state index is 0.763. The van der Waals surface area contributed by atoms with E-state index in [0.29, 0.717) is 0 Å². The zero-order valence-electron chi connectivity index (χ0n) is 11.2. The Morgan fingerprint density at radius 1 is 1.39 bits per heavy atom. The second kappa shape index (κ2) is 6.11. The van der Waals surface area contributed by atoms with Crippen LogP contribution in [0.5, 0.6) is 0 Å². The molecule has 18 heavy (non-hydrogen) atoms. The number of hydrogen-bond donors (Lipinski definition) is 1. The third-order valence-electron chi connectivity index (χ3n) is 2.78. The minimum absolute atomic E-state index is 0.763. The number of aryl methyl sites for hydroxylation is 2. The Balaban J connectivity index is 1.99. The molecule has 0 aliphatic carbocycles. The monoisotopic (exact) mass is 264 g/mol. The van der Waals surface area contributed by atoms with Gasteiger partial charge in [-0.2, -0.15) is 5.10 Å². The lowest BCUT2D eigenvalue weighted by molar-refractivity contribution is 0.663. The third-order valence-corrected chi connectivity index (χ3v) is 3.60. The van der Waals surface area contributed by atoms with Gasteiger partial charge in [-0.3, -0.25) is 4.68 Å². The van der Waals surface area contributed by atoms with E-state index in [1.165, 1.54) is 5.56 Å². The van der Waals surface area contributed by atoms with Crippen molar-refractivity contribution in [3.8, 4) is 0 Å². The molecule has 0 saturated carbocycles. The topological polar surface area (TPSA) is 42.7 Å². The highest BCUT2D eigenvalue weighted by molar-refractivity contribution is 7.09. The van der Waals surface area contributed by atoms with Crippen LogP contribution in [-0.4, -0.2) is 21.3 Å². The molecule has 0 saturated heterocycles. The van der Waals surface area contributed by atoms with Crippen molar-refractivity contribution in [1.82, 2.24) is 20.1 Å². The number of aromatic nitrogens is 3. The van der Waals surface area contributed by atoms with Crippen molar-refractivity contribution in [3.05, 3.63) is 33.5 Å². The van der Waals surface area contributed by atoms with E-state index in [0.717, 1.165) is 42.5 Å². The van der Waals surface area contributed by atoms with Crippen LogP contribution in [0.4, 0.5) is 0 Å². The first-order valence-corrected chi connectivity index (χ1v) is 7.21. The van der Waals surface area contributed by atoms with Crippen LogP contribution in [0.15, 0.2) is 11.6 Å². The van der Waals surface area contributed by atoms with Gasteiger partial charge < -0.3 is 5.32 Å². The number of nitrogens with one attached hydrogen (secondary N) is 1. The summed E-state index contributed by atoms with van der Waals surface area (Å²) in [6, 6.07) is 0. The molecule has 5 heteroatoms. The van der Waals surface area contributed by atoms with Crippen molar-refractivity contribution in [2.45, 2.75) is 40.3 Å². The number of thiazole rings is 1. The average molecular weight is 264 g/mol. The fraction of sp³-hybridized carbons (Fsp3) is 0.538. The molecule has 0 amide bonds. The van der Waals surface area contributed by atoms with Crippen molar-refractivity contribution >= 4 is 11.3 Å². The van der Waals surface area contributed by atoms with Gasteiger partial charge in [-0.15, -0.1) is 11.3 Å². The molecule has 0 spiro atoms. The zero-order chi connectivity index (χ0) is 13.0. The normalized spacial score (nSPS) is 11.1. The van der Waals surface area contributed by atoms with Gasteiger partial charge in [-0.05, 0) is 26.8 Å². The van der Waals surface area contributed by atoms with Gasteiger partial charge in [-0.1, -0.05) is 6.92 Å². The van der Waals surface area contributed by atoms with E-state index in [1.54, 1.807) is 11.3 Å². The van der Waals surface area contributed by atoms with E-state index in [4.69, 9.17) is 0 Å². The van der Waals surface area contributed by atoms with E-state index in [9.17, 15) is 0 Å². The molecule has 0 aliphatic rings. The van der Waals surface area contributed by atoms with Crippen LogP contribution in [0.2, 0.25) is 0 Å². The molecule has 0 bridgehead atoms. The molecule has 0 unspecified atom stereocenters. The highest BCUT2D eigenvalue weighted by Gasteiger charge is 2.06. The largest absolute Gasteiger partial charge is 0.313 e. The molecular formula is C13H20N4S. The zero-order valence-corrected chi connectivity index (χ0v) is 12.0. The van der Waals surface area contributed by atoms with Gasteiger partial charge in [-0.25, -0.2) is 4.98 Å². The molecule has 0 fully saturated rings. The lowest BCUT2D eigenvalue weighted by Crippen LogP contribution is -2.13. The maximum atomic E-state index is 4.54. The molecule has 2 rings (SSSR count). The molecule has 0 aliphatic heterocycles. The van der Waals surface area contributed by atoms with Gasteiger partial charge >= 0.3 is 0 Å². The maximum absolute atomic E-state index is 4.54. The molecule has 2 aromatic rings. The first-order valence-electron chi connectivity index (χ1n) is 6.33. The van der Waals surface area contributed by atoms with Gasteiger partial charge in [0.05, 0.1) is 22.9 Å². The van der Waals surface area contributed by atoms with Gasteiger partial charge in [0.1, 0.15) is 0 Å². The summed E-state index contributed by atoms with van der Waals surface area (Å²) in [4.78, 5) is 4.46. The lowest BCUT2D eigenvalue weighted by atomic mass is 10.2. The van der Waals surface area contributed by atoms with Crippen LogP contribution in [0.25, 0.3) is 0 Å². The Kier molecular flexibility index (Phi) is 4.49. The fourth-order valence-electron chi connectivity index (χ4n) is 1.86. The average Bonchev–Trinajstić information content (AvgIpc) is 2.87. The van der Waals surface area contributed by atoms with Gasteiger partial charge in [0.15, 0.2) is 0 Å². The van der Waals surface area contributed by atoms with Crippen LogP contribution in [-0.2, 0) is 13.1 Å². The summed E-state index contributed by atoms with van der Waals surface area (Å²) >= 11 is 1.69.